The highest BCUT2D eigenvalue weighted by atomic mass is 32.2. The van der Waals surface area contributed by atoms with Gasteiger partial charge in [0.05, 0.1) is 0 Å². The van der Waals surface area contributed by atoms with Gasteiger partial charge >= 0.3 is 0 Å². The fourth-order valence-corrected chi connectivity index (χ4v) is 3.78. The second-order valence-electron chi connectivity index (χ2n) is 6.83. The topological polar surface area (TPSA) is 96.4 Å². The highest BCUT2D eigenvalue weighted by Crippen LogP contribution is 2.37. The lowest BCUT2D eigenvalue weighted by Crippen LogP contribution is -2.67. The molecule has 1 saturated carbocycles. The molecule has 0 aromatic carbocycles. The number of likely N-dealkylation sites (tertiary alicyclic amines) is 1. The van der Waals surface area contributed by atoms with Crippen LogP contribution in [0.4, 0.5) is 0 Å². The molecule has 130 valence electrons. The maximum Gasteiger partial charge on any atom is 0.281 e. The summed E-state index contributed by atoms with van der Waals surface area (Å²) in [5.41, 5.74) is -0.285. The first-order valence-electron chi connectivity index (χ1n) is 8.03. The van der Waals surface area contributed by atoms with E-state index in [1.165, 1.54) is 17.2 Å². The zero-order valence-electron chi connectivity index (χ0n) is 13.8. The zero-order chi connectivity index (χ0) is 17.5. The third kappa shape index (κ3) is 3.15. The van der Waals surface area contributed by atoms with Gasteiger partial charge in [0, 0.05) is 19.2 Å². The lowest BCUT2D eigenvalue weighted by Gasteiger charge is -2.49. The summed E-state index contributed by atoms with van der Waals surface area (Å²) in [6.45, 7) is 3.88. The van der Waals surface area contributed by atoms with E-state index in [4.69, 9.17) is 0 Å². The van der Waals surface area contributed by atoms with Gasteiger partial charge in [-0.2, -0.15) is 8.42 Å². The first-order valence-corrected chi connectivity index (χ1v) is 9.51. The largest absolute Gasteiger partial charge is 0.328 e. The van der Waals surface area contributed by atoms with Crippen molar-refractivity contribution in [3.05, 3.63) is 23.9 Å². The standard InChI is InChI=1S/C16H21N3O4S/c1-11-3-6-13(17-10-11)24(22,23)18-15(21)16(2)7-8-19(16)14(20)9-12-4-5-12/h3,6,10,12H,4-5,7-9H2,1-2H3,(H,18,21). The number of hydrogen-bond donors (Lipinski definition) is 1. The predicted octanol–water partition coefficient (Wildman–Crippen LogP) is 0.986. The van der Waals surface area contributed by atoms with Crippen molar-refractivity contribution in [3.8, 4) is 0 Å². The van der Waals surface area contributed by atoms with Crippen LogP contribution in [0.15, 0.2) is 23.4 Å². The molecule has 0 bridgehead atoms. The maximum absolute atomic E-state index is 12.5. The van der Waals surface area contributed by atoms with E-state index in [1.807, 2.05) is 0 Å². The van der Waals surface area contributed by atoms with Gasteiger partial charge in [-0.25, -0.2) is 9.71 Å². The van der Waals surface area contributed by atoms with Crippen LogP contribution in [0.1, 0.15) is 38.2 Å². The van der Waals surface area contributed by atoms with Crippen LogP contribution in [-0.4, -0.2) is 42.2 Å². The molecule has 1 N–H and O–H groups in total. The average Bonchev–Trinajstić information content (AvgIpc) is 3.29. The number of aryl methyl sites for hydroxylation is 1. The van der Waals surface area contributed by atoms with E-state index in [1.54, 1.807) is 19.9 Å². The molecular formula is C16H21N3O4S. The van der Waals surface area contributed by atoms with Crippen molar-refractivity contribution in [2.75, 3.05) is 6.54 Å². The Morgan fingerprint density at radius 3 is 2.58 bits per heavy atom. The Kier molecular flexibility index (Phi) is 4.11. The summed E-state index contributed by atoms with van der Waals surface area (Å²) in [6.07, 6.45) is 4.42. The van der Waals surface area contributed by atoms with Gasteiger partial charge in [-0.05, 0) is 50.7 Å². The minimum Gasteiger partial charge on any atom is -0.328 e. The molecule has 0 spiro atoms. The monoisotopic (exact) mass is 351 g/mol. The van der Waals surface area contributed by atoms with Crippen molar-refractivity contribution in [2.45, 2.75) is 50.1 Å². The Morgan fingerprint density at radius 2 is 2.08 bits per heavy atom. The van der Waals surface area contributed by atoms with Crippen LogP contribution in [0.25, 0.3) is 0 Å². The third-order valence-corrected chi connectivity index (χ3v) is 6.00. The number of rotatable bonds is 5. The second-order valence-corrected chi connectivity index (χ2v) is 8.45. The van der Waals surface area contributed by atoms with Crippen LogP contribution >= 0.6 is 0 Å². The lowest BCUT2D eigenvalue weighted by atomic mass is 9.85. The van der Waals surface area contributed by atoms with Gasteiger partial charge in [0.1, 0.15) is 5.54 Å². The minimum absolute atomic E-state index is 0.0766. The number of aromatic nitrogens is 1. The predicted molar refractivity (Wildman–Crippen MR) is 86.4 cm³/mol. The first kappa shape index (κ1) is 16.9. The van der Waals surface area contributed by atoms with Gasteiger partial charge in [0.25, 0.3) is 15.9 Å². The number of sulfonamides is 1. The van der Waals surface area contributed by atoms with E-state index in [0.29, 0.717) is 25.3 Å². The third-order valence-electron chi connectivity index (χ3n) is 4.76. The summed E-state index contributed by atoms with van der Waals surface area (Å²) in [6, 6.07) is 2.96. The molecule has 1 aromatic rings. The molecule has 1 saturated heterocycles. The van der Waals surface area contributed by atoms with Gasteiger partial charge in [0.15, 0.2) is 5.03 Å². The van der Waals surface area contributed by atoms with Crippen molar-refractivity contribution in [3.63, 3.8) is 0 Å². The smallest absolute Gasteiger partial charge is 0.281 e. The Bertz CT molecular complexity index is 771. The Morgan fingerprint density at radius 1 is 1.38 bits per heavy atom. The van der Waals surface area contributed by atoms with Crippen LogP contribution < -0.4 is 4.72 Å². The van der Waals surface area contributed by atoms with E-state index < -0.39 is 21.5 Å². The van der Waals surface area contributed by atoms with E-state index >= 15 is 0 Å². The number of hydrogen-bond acceptors (Lipinski definition) is 5. The maximum atomic E-state index is 12.5. The van der Waals surface area contributed by atoms with Gasteiger partial charge < -0.3 is 4.90 Å². The molecular weight excluding hydrogens is 330 g/mol. The number of pyridine rings is 1. The minimum atomic E-state index is -4.04. The summed E-state index contributed by atoms with van der Waals surface area (Å²) in [5.74, 6) is -0.335. The van der Waals surface area contributed by atoms with E-state index in [2.05, 4.69) is 9.71 Å². The summed E-state index contributed by atoms with van der Waals surface area (Å²) < 4.78 is 26.7. The molecule has 8 heteroatoms. The van der Waals surface area contributed by atoms with Gasteiger partial charge in [-0.15, -0.1) is 0 Å². The van der Waals surface area contributed by atoms with Crippen molar-refractivity contribution in [1.82, 2.24) is 14.6 Å². The fraction of sp³-hybridized carbons (Fsp3) is 0.562. The molecule has 3 rings (SSSR count). The Labute approximate surface area is 141 Å². The number of carbonyl (C=O) groups excluding carboxylic acids is 2. The van der Waals surface area contributed by atoms with Crippen molar-refractivity contribution in [2.24, 2.45) is 5.92 Å². The fourth-order valence-electron chi connectivity index (χ4n) is 2.77. The number of nitrogens with one attached hydrogen (secondary N) is 1. The van der Waals surface area contributed by atoms with E-state index in [9.17, 15) is 18.0 Å². The number of carbonyl (C=O) groups is 2. The molecule has 2 amide bonds. The molecule has 24 heavy (non-hydrogen) atoms. The summed E-state index contributed by atoms with van der Waals surface area (Å²) in [4.78, 5) is 30.1. The molecule has 7 nitrogen and oxygen atoms in total. The molecule has 1 aliphatic carbocycles. The van der Waals surface area contributed by atoms with Crippen LogP contribution in [0, 0.1) is 12.8 Å². The van der Waals surface area contributed by atoms with E-state index in [0.717, 1.165) is 18.4 Å². The summed E-state index contributed by atoms with van der Waals surface area (Å²) in [7, 11) is -4.04. The molecule has 2 aliphatic rings. The van der Waals surface area contributed by atoms with Gasteiger partial charge in [0.2, 0.25) is 5.91 Å². The quantitative estimate of drug-likeness (QED) is 0.853. The van der Waals surface area contributed by atoms with Crippen LogP contribution in [0.3, 0.4) is 0 Å². The molecule has 1 unspecified atom stereocenters. The highest BCUT2D eigenvalue weighted by molar-refractivity contribution is 7.90. The van der Waals surface area contributed by atoms with Gasteiger partial charge in [-0.3, -0.25) is 9.59 Å². The van der Waals surface area contributed by atoms with Crippen LogP contribution in [-0.2, 0) is 19.6 Å². The first-order chi connectivity index (χ1) is 11.2. The second kappa shape index (κ2) is 5.84. The zero-order valence-corrected chi connectivity index (χ0v) is 14.6. The SMILES string of the molecule is Cc1ccc(S(=O)(=O)NC(=O)C2(C)CCN2C(=O)CC2CC2)nc1. The molecule has 0 radical (unpaired) electrons. The average molecular weight is 351 g/mol. The Hall–Kier alpha value is -1.96. The molecule has 1 atom stereocenters. The van der Waals surface area contributed by atoms with Crippen molar-refractivity contribution >= 4 is 21.8 Å². The van der Waals surface area contributed by atoms with Crippen LogP contribution in [0.5, 0.6) is 0 Å². The lowest BCUT2D eigenvalue weighted by molar-refractivity contribution is -0.156. The van der Waals surface area contributed by atoms with Gasteiger partial charge in [-0.1, -0.05) is 6.07 Å². The highest BCUT2D eigenvalue weighted by Gasteiger charge is 2.50. The normalized spacial score (nSPS) is 23.5. The summed E-state index contributed by atoms with van der Waals surface area (Å²) in [5, 5.41) is -0.208. The number of amides is 2. The van der Waals surface area contributed by atoms with Crippen molar-refractivity contribution < 1.29 is 18.0 Å². The van der Waals surface area contributed by atoms with Crippen molar-refractivity contribution in [1.29, 1.82) is 0 Å². The molecule has 2 fully saturated rings. The van der Waals surface area contributed by atoms with Crippen LogP contribution in [0.2, 0.25) is 0 Å². The van der Waals surface area contributed by atoms with E-state index in [-0.39, 0.29) is 10.9 Å². The summed E-state index contributed by atoms with van der Waals surface area (Å²) >= 11 is 0. The molecule has 1 aliphatic heterocycles. The molecule has 2 heterocycles. The number of nitrogens with zero attached hydrogens (tertiary/aromatic N) is 2. The Balaban J connectivity index is 1.71. The molecule has 1 aromatic heterocycles.